The molecule has 7 nitrogen and oxygen atoms in total. The Kier molecular flexibility index (Phi) is 7.01. The van der Waals surface area contributed by atoms with Crippen LogP contribution in [0.25, 0.3) is 0 Å². The van der Waals surface area contributed by atoms with Crippen molar-refractivity contribution in [1.82, 2.24) is 5.32 Å². The van der Waals surface area contributed by atoms with Gasteiger partial charge < -0.3 is 5.32 Å². The first kappa shape index (κ1) is 23.9. The normalized spacial score (nSPS) is 12.8. The predicted molar refractivity (Wildman–Crippen MR) is 121 cm³/mol. The first-order chi connectivity index (χ1) is 15.0. The molecule has 0 aliphatic carbocycles. The molecule has 2 aromatic carbocycles. The van der Waals surface area contributed by atoms with Crippen LogP contribution < -0.4 is 9.62 Å². The van der Waals surface area contributed by atoms with Gasteiger partial charge in [0.25, 0.3) is 10.0 Å². The minimum absolute atomic E-state index is 0.0547. The zero-order valence-corrected chi connectivity index (χ0v) is 19.7. The molecule has 0 saturated carbocycles. The molecule has 3 aromatic rings. The van der Waals surface area contributed by atoms with E-state index in [1.807, 2.05) is 0 Å². The van der Waals surface area contributed by atoms with Crippen molar-refractivity contribution in [3.8, 4) is 0 Å². The van der Waals surface area contributed by atoms with Crippen LogP contribution in [0.15, 0.2) is 75.1 Å². The number of carbonyl (C=O) groups excluding carboxylic acids is 1. The first-order valence-electron chi connectivity index (χ1n) is 9.39. The highest BCUT2D eigenvalue weighted by Crippen LogP contribution is 2.27. The summed E-state index contributed by atoms with van der Waals surface area (Å²) >= 11 is 1.01. The van der Waals surface area contributed by atoms with Crippen LogP contribution in [-0.4, -0.2) is 35.5 Å². The molecule has 1 aromatic heterocycles. The summed E-state index contributed by atoms with van der Waals surface area (Å²) < 4.78 is 63.8. The standard InChI is InChI=1S/C21H21FN2O5S3/c1-15(16-5-11-19(12-6-16)31(2,26)27)23-20(25)14-24(18-9-7-17(22)8-10-18)32(28,29)21-4-3-13-30-21/h3-13,15H,14H2,1-2H3,(H,23,25). The Balaban J connectivity index is 1.81. The largest absolute Gasteiger partial charge is 0.348 e. The van der Waals surface area contributed by atoms with Gasteiger partial charge in [-0.15, -0.1) is 11.3 Å². The second-order valence-electron chi connectivity index (χ2n) is 7.05. The Morgan fingerprint density at radius 1 is 1.03 bits per heavy atom. The Bertz CT molecular complexity index is 1290. The fraction of sp³-hybridized carbons (Fsp3) is 0.190. The smallest absolute Gasteiger partial charge is 0.274 e. The van der Waals surface area contributed by atoms with Gasteiger partial charge in [0.15, 0.2) is 9.84 Å². The number of anilines is 1. The summed E-state index contributed by atoms with van der Waals surface area (Å²) in [6.45, 7) is 1.18. The highest BCUT2D eigenvalue weighted by atomic mass is 32.2. The van der Waals surface area contributed by atoms with Crippen LogP contribution in [-0.2, 0) is 24.7 Å². The van der Waals surface area contributed by atoms with E-state index in [1.54, 1.807) is 30.5 Å². The molecule has 0 spiro atoms. The molecule has 3 rings (SSSR count). The molecule has 170 valence electrons. The number of rotatable bonds is 8. The molecule has 1 amide bonds. The van der Waals surface area contributed by atoms with E-state index in [0.29, 0.717) is 5.56 Å². The van der Waals surface area contributed by atoms with E-state index in [-0.39, 0.29) is 14.8 Å². The number of hydrogen-bond acceptors (Lipinski definition) is 6. The van der Waals surface area contributed by atoms with Gasteiger partial charge in [-0.25, -0.2) is 21.2 Å². The molecular weight excluding hydrogens is 475 g/mol. The van der Waals surface area contributed by atoms with Gasteiger partial charge >= 0.3 is 0 Å². The van der Waals surface area contributed by atoms with Crippen molar-refractivity contribution in [2.75, 3.05) is 17.1 Å². The third-order valence-electron chi connectivity index (χ3n) is 4.63. The van der Waals surface area contributed by atoms with Gasteiger partial charge in [0, 0.05) is 6.26 Å². The SMILES string of the molecule is CC(NC(=O)CN(c1ccc(F)cc1)S(=O)(=O)c1cccs1)c1ccc(S(C)(=O)=O)cc1. The molecule has 11 heteroatoms. The molecule has 0 saturated heterocycles. The maximum absolute atomic E-state index is 13.4. The topological polar surface area (TPSA) is 101 Å². The Labute approximate surface area is 190 Å². The maximum Gasteiger partial charge on any atom is 0.274 e. The van der Waals surface area contributed by atoms with Crippen molar-refractivity contribution in [2.24, 2.45) is 0 Å². The van der Waals surface area contributed by atoms with E-state index in [4.69, 9.17) is 0 Å². The molecule has 1 heterocycles. The lowest BCUT2D eigenvalue weighted by Gasteiger charge is -2.24. The lowest BCUT2D eigenvalue weighted by molar-refractivity contribution is -0.120. The minimum Gasteiger partial charge on any atom is -0.348 e. The van der Waals surface area contributed by atoms with E-state index < -0.39 is 44.2 Å². The molecule has 0 aliphatic heterocycles. The summed E-state index contributed by atoms with van der Waals surface area (Å²) in [6.07, 6.45) is 1.10. The van der Waals surface area contributed by atoms with Crippen molar-refractivity contribution in [2.45, 2.75) is 22.1 Å². The third-order valence-corrected chi connectivity index (χ3v) is 8.90. The first-order valence-corrected chi connectivity index (χ1v) is 13.6. The average Bonchev–Trinajstić information content (AvgIpc) is 3.28. The number of nitrogens with zero attached hydrogens (tertiary/aromatic N) is 1. The summed E-state index contributed by atoms with van der Waals surface area (Å²) in [7, 11) is -7.38. The number of nitrogens with one attached hydrogen (secondary N) is 1. The summed E-state index contributed by atoms with van der Waals surface area (Å²) in [5.41, 5.74) is 0.806. The lowest BCUT2D eigenvalue weighted by atomic mass is 10.1. The van der Waals surface area contributed by atoms with Gasteiger partial charge in [0.2, 0.25) is 5.91 Å². The van der Waals surface area contributed by atoms with Gasteiger partial charge in [-0.2, -0.15) is 0 Å². The Morgan fingerprint density at radius 3 is 2.19 bits per heavy atom. The lowest BCUT2D eigenvalue weighted by Crippen LogP contribution is -2.41. The average molecular weight is 497 g/mol. The molecule has 0 aliphatic rings. The monoisotopic (exact) mass is 496 g/mol. The van der Waals surface area contributed by atoms with Gasteiger partial charge in [-0.3, -0.25) is 9.10 Å². The molecular formula is C21H21FN2O5S3. The fourth-order valence-electron chi connectivity index (χ4n) is 2.95. The molecule has 1 N–H and O–H groups in total. The predicted octanol–water partition coefficient (Wildman–Crippen LogP) is 3.36. The van der Waals surface area contributed by atoms with Crippen LogP contribution in [0, 0.1) is 5.82 Å². The molecule has 0 fully saturated rings. The van der Waals surface area contributed by atoms with E-state index in [9.17, 15) is 26.0 Å². The Morgan fingerprint density at radius 2 is 1.66 bits per heavy atom. The number of amides is 1. The zero-order valence-electron chi connectivity index (χ0n) is 17.2. The number of carbonyl (C=O) groups is 1. The minimum atomic E-state index is -4.04. The molecule has 32 heavy (non-hydrogen) atoms. The van der Waals surface area contributed by atoms with Crippen molar-refractivity contribution in [3.63, 3.8) is 0 Å². The molecule has 0 bridgehead atoms. The van der Waals surface area contributed by atoms with Crippen LogP contribution in [0.5, 0.6) is 0 Å². The summed E-state index contributed by atoms with van der Waals surface area (Å²) in [5.74, 6) is -1.10. The van der Waals surface area contributed by atoms with E-state index in [0.717, 1.165) is 34.0 Å². The van der Waals surface area contributed by atoms with E-state index in [1.165, 1.54) is 30.3 Å². The van der Waals surface area contributed by atoms with Gasteiger partial charge in [-0.05, 0) is 60.3 Å². The van der Waals surface area contributed by atoms with Crippen molar-refractivity contribution >= 4 is 42.8 Å². The van der Waals surface area contributed by atoms with Crippen molar-refractivity contribution in [1.29, 1.82) is 0 Å². The van der Waals surface area contributed by atoms with Crippen LogP contribution >= 0.6 is 11.3 Å². The van der Waals surface area contributed by atoms with E-state index >= 15 is 0 Å². The number of halogens is 1. The number of hydrogen-bond donors (Lipinski definition) is 1. The van der Waals surface area contributed by atoms with Crippen molar-refractivity contribution in [3.05, 3.63) is 77.4 Å². The molecule has 0 radical (unpaired) electrons. The quantitative estimate of drug-likeness (QED) is 0.515. The number of benzene rings is 2. The number of sulfonamides is 1. The second kappa shape index (κ2) is 9.39. The molecule has 1 atom stereocenters. The summed E-state index contributed by atoms with van der Waals surface area (Å²) in [5, 5.41) is 4.33. The maximum atomic E-state index is 13.4. The van der Waals surface area contributed by atoms with Crippen LogP contribution in [0.1, 0.15) is 18.5 Å². The highest BCUT2D eigenvalue weighted by molar-refractivity contribution is 7.94. The highest BCUT2D eigenvalue weighted by Gasteiger charge is 2.28. The van der Waals surface area contributed by atoms with Crippen molar-refractivity contribution < 1.29 is 26.0 Å². The van der Waals surface area contributed by atoms with E-state index in [2.05, 4.69) is 5.32 Å². The fourth-order valence-corrected chi connectivity index (χ4v) is 6.10. The number of sulfone groups is 1. The van der Waals surface area contributed by atoms with Gasteiger partial charge in [-0.1, -0.05) is 18.2 Å². The summed E-state index contributed by atoms with van der Waals surface area (Å²) in [4.78, 5) is 12.9. The Hall–Kier alpha value is -2.76. The second-order valence-corrected chi connectivity index (χ2v) is 12.1. The van der Waals surface area contributed by atoms with Crippen LogP contribution in [0.4, 0.5) is 10.1 Å². The molecule has 1 unspecified atom stereocenters. The van der Waals surface area contributed by atoms with Crippen LogP contribution in [0.2, 0.25) is 0 Å². The van der Waals surface area contributed by atoms with Gasteiger partial charge in [0.1, 0.15) is 16.6 Å². The number of thiophene rings is 1. The van der Waals surface area contributed by atoms with Crippen LogP contribution in [0.3, 0.4) is 0 Å². The van der Waals surface area contributed by atoms with Gasteiger partial charge in [0.05, 0.1) is 16.6 Å². The summed E-state index contributed by atoms with van der Waals surface area (Å²) in [6, 6.07) is 13.4. The zero-order chi connectivity index (χ0) is 23.5. The third kappa shape index (κ3) is 5.53.